The van der Waals surface area contributed by atoms with Gasteiger partial charge in [-0.25, -0.2) is 0 Å². The van der Waals surface area contributed by atoms with Crippen LogP contribution >= 0.6 is 0 Å². The average molecular weight is 391 g/mol. The third-order valence-corrected chi connectivity index (χ3v) is 7.69. The number of amides is 1. The monoisotopic (exact) mass is 390 g/mol. The van der Waals surface area contributed by atoms with E-state index in [9.17, 15) is 9.90 Å². The Kier molecular flexibility index (Phi) is 4.32. The number of rotatable bonds is 4. The molecule has 1 amide bonds. The Morgan fingerprint density at radius 3 is 2.34 bits per heavy atom. The van der Waals surface area contributed by atoms with Crippen molar-refractivity contribution in [1.29, 1.82) is 0 Å². The van der Waals surface area contributed by atoms with Gasteiger partial charge in [0.1, 0.15) is 0 Å². The normalized spacial score (nSPS) is 33.5. The molecule has 4 nitrogen and oxygen atoms in total. The Balaban J connectivity index is 1.48. The summed E-state index contributed by atoms with van der Waals surface area (Å²) in [5, 5.41) is 14.5. The lowest BCUT2D eigenvalue weighted by Crippen LogP contribution is -2.60. The van der Waals surface area contributed by atoms with Crippen LogP contribution in [-0.4, -0.2) is 21.6 Å². The highest BCUT2D eigenvalue weighted by Crippen LogP contribution is 2.61. The standard InChI is InChI=1S/C25H30N2O2/c1-16-3-4-21(9-17(16)2)22(20-5-7-26-8-6-20)27-23(28)24-11-18-10-19(12-24)14-25(29,13-18)15-24/h3-9,18-19,22,29H,10-15H2,1-2H3,(H,27,28)/t18-,19-,22+,24?,25?/m1/s1. The van der Waals surface area contributed by atoms with E-state index in [0.717, 1.165) is 36.8 Å². The van der Waals surface area contributed by atoms with Crippen LogP contribution in [0.25, 0.3) is 0 Å². The predicted molar refractivity (Wildman–Crippen MR) is 112 cm³/mol. The zero-order valence-electron chi connectivity index (χ0n) is 17.3. The lowest BCUT2D eigenvalue weighted by Gasteiger charge is -2.59. The maximum atomic E-state index is 13.7. The van der Waals surface area contributed by atoms with E-state index < -0.39 is 11.0 Å². The fourth-order valence-electron chi connectivity index (χ4n) is 6.62. The maximum absolute atomic E-state index is 13.7. The molecule has 2 aromatic rings. The van der Waals surface area contributed by atoms with Crippen LogP contribution in [0.4, 0.5) is 0 Å². The topological polar surface area (TPSA) is 62.2 Å². The van der Waals surface area contributed by atoms with Gasteiger partial charge in [0, 0.05) is 12.4 Å². The van der Waals surface area contributed by atoms with Crippen molar-refractivity contribution in [3.05, 3.63) is 65.0 Å². The van der Waals surface area contributed by atoms with Crippen LogP contribution in [0.2, 0.25) is 0 Å². The molecule has 0 spiro atoms. The van der Waals surface area contributed by atoms with Crippen molar-refractivity contribution in [3.8, 4) is 0 Å². The molecule has 0 radical (unpaired) electrons. The molecule has 4 fully saturated rings. The lowest BCUT2D eigenvalue weighted by atomic mass is 9.47. The number of benzene rings is 1. The summed E-state index contributed by atoms with van der Waals surface area (Å²) in [6.07, 6.45) is 8.97. The number of aromatic nitrogens is 1. The van der Waals surface area contributed by atoms with Crippen molar-refractivity contribution in [3.63, 3.8) is 0 Å². The van der Waals surface area contributed by atoms with Crippen LogP contribution in [-0.2, 0) is 4.79 Å². The molecule has 0 unspecified atom stereocenters. The number of nitrogens with zero attached hydrogens (tertiary/aromatic N) is 1. The fourth-order valence-corrected chi connectivity index (χ4v) is 6.62. The molecule has 2 N–H and O–H groups in total. The smallest absolute Gasteiger partial charge is 0.227 e. The largest absolute Gasteiger partial charge is 0.390 e. The number of hydrogen-bond donors (Lipinski definition) is 2. The third kappa shape index (κ3) is 3.28. The third-order valence-electron chi connectivity index (χ3n) is 7.69. The zero-order chi connectivity index (χ0) is 20.2. The quantitative estimate of drug-likeness (QED) is 0.821. The second-order valence-corrected chi connectivity index (χ2v) is 10.00. The number of nitrogens with one attached hydrogen (secondary N) is 1. The van der Waals surface area contributed by atoms with Gasteiger partial charge in [0.25, 0.3) is 0 Å². The molecule has 0 saturated heterocycles. The highest BCUT2D eigenvalue weighted by atomic mass is 16.3. The average Bonchev–Trinajstić information content (AvgIpc) is 2.67. The van der Waals surface area contributed by atoms with E-state index in [4.69, 9.17) is 0 Å². The molecule has 6 rings (SSSR count). The van der Waals surface area contributed by atoms with E-state index in [-0.39, 0.29) is 11.9 Å². The Morgan fingerprint density at radius 2 is 1.72 bits per heavy atom. The van der Waals surface area contributed by atoms with Crippen LogP contribution in [0.1, 0.15) is 66.8 Å². The highest BCUT2D eigenvalue weighted by molar-refractivity contribution is 5.84. The Hall–Kier alpha value is -2.20. The Bertz CT molecular complexity index is 925. The summed E-state index contributed by atoms with van der Waals surface area (Å²) in [4.78, 5) is 17.9. The molecular formula is C25H30N2O2. The summed E-state index contributed by atoms with van der Waals surface area (Å²) in [6.45, 7) is 4.22. The summed E-state index contributed by atoms with van der Waals surface area (Å²) >= 11 is 0. The van der Waals surface area contributed by atoms with Crippen LogP contribution in [0, 0.1) is 31.1 Å². The van der Waals surface area contributed by atoms with E-state index >= 15 is 0 Å². The number of aliphatic hydroxyl groups is 1. The van der Waals surface area contributed by atoms with Crippen molar-refractivity contribution in [1.82, 2.24) is 10.3 Å². The second kappa shape index (κ2) is 6.66. The van der Waals surface area contributed by atoms with Crippen molar-refractivity contribution in [2.24, 2.45) is 17.3 Å². The van der Waals surface area contributed by atoms with Crippen molar-refractivity contribution in [2.75, 3.05) is 0 Å². The molecule has 1 aromatic heterocycles. The maximum Gasteiger partial charge on any atom is 0.227 e. The molecule has 4 aliphatic carbocycles. The summed E-state index contributed by atoms with van der Waals surface area (Å²) in [5.41, 5.74) is 3.56. The van der Waals surface area contributed by atoms with Crippen molar-refractivity contribution in [2.45, 2.75) is 64.0 Å². The fraction of sp³-hybridized carbons (Fsp3) is 0.520. The SMILES string of the molecule is Cc1ccc([C@@H](NC(=O)C23C[C@H]4C[C@@H](CC(O)(C4)C2)C3)c2ccncc2)cc1C. The van der Waals surface area contributed by atoms with E-state index in [1.54, 1.807) is 12.4 Å². The van der Waals surface area contributed by atoms with Crippen molar-refractivity contribution >= 4 is 5.91 Å². The molecule has 4 aliphatic rings. The number of carbonyl (C=O) groups excluding carboxylic acids is 1. The van der Waals surface area contributed by atoms with E-state index in [1.165, 1.54) is 17.5 Å². The lowest BCUT2D eigenvalue weighted by molar-refractivity contribution is -0.178. The second-order valence-electron chi connectivity index (χ2n) is 10.00. The molecule has 4 saturated carbocycles. The summed E-state index contributed by atoms with van der Waals surface area (Å²) in [5.74, 6) is 1.10. The molecule has 29 heavy (non-hydrogen) atoms. The molecule has 0 aliphatic heterocycles. The van der Waals surface area contributed by atoms with Gasteiger partial charge in [-0.15, -0.1) is 0 Å². The van der Waals surface area contributed by atoms with E-state index in [0.29, 0.717) is 18.3 Å². The van der Waals surface area contributed by atoms with Gasteiger partial charge in [0.15, 0.2) is 0 Å². The van der Waals surface area contributed by atoms with Crippen LogP contribution in [0.5, 0.6) is 0 Å². The van der Waals surface area contributed by atoms with Gasteiger partial charge in [-0.1, -0.05) is 18.2 Å². The number of aryl methyl sites for hydroxylation is 2. The minimum absolute atomic E-state index is 0.116. The Morgan fingerprint density at radius 1 is 1.03 bits per heavy atom. The number of hydrogen-bond acceptors (Lipinski definition) is 3. The van der Waals surface area contributed by atoms with Crippen LogP contribution in [0.3, 0.4) is 0 Å². The van der Waals surface area contributed by atoms with Crippen LogP contribution in [0.15, 0.2) is 42.7 Å². The van der Waals surface area contributed by atoms with Gasteiger partial charge in [0.2, 0.25) is 5.91 Å². The predicted octanol–water partition coefficient (Wildman–Crippen LogP) is 4.24. The van der Waals surface area contributed by atoms with Gasteiger partial charge in [-0.05, 0) is 98.6 Å². The minimum Gasteiger partial charge on any atom is -0.390 e. The first-order chi connectivity index (χ1) is 13.9. The Labute approximate surface area is 172 Å². The molecule has 1 aromatic carbocycles. The molecule has 4 bridgehead atoms. The molecular weight excluding hydrogens is 360 g/mol. The van der Waals surface area contributed by atoms with Gasteiger partial charge >= 0.3 is 0 Å². The summed E-state index contributed by atoms with van der Waals surface area (Å²) in [6, 6.07) is 10.2. The molecule has 1 heterocycles. The first-order valence-electron chi connectivity index (χ1n) is 10.9. The molecule has 152 valence electrons. The van der Waals surface area contributed by atoms with E-state index in [1.807, 2.05) is 12.1 Å². The van der Waals surface area contributed by atoms with Crippen molar-refractivity contribution < 1.29 is 9.90 Å². The van der Waals surface area contributed by atoms with Gasteiger partial charge < -0.3 is 10.4 Å². The minimum atomic E-state index is -0.631. The first-order valence-corrected chi connectivity index (χ1v) is 10.9. The number of pyridine rings is 1. The zero-order valence-corrected chi connectivity index (χ0v) is 17.3. The van der Waals surface area contributed by atoms with E-state index in [2.05, 4.69) is 42.3 Å². The van der Waals surface area contributed by atoms with Gasteiger partial charge in [-0.2, -0.15) is 0 Å². The summed E-state index contributed by atoms with van der Waals surface area (Å²) in [7, 11) is 0. The van der Waals surface area contributed by atoms with Crippen LogP contribution < -0.4 is 5.32 Å². The summed E-state index contributed by atoms with van der Waals surface area (Å²) < 4.78 is 0. The number of carbonyl (C=O) groups is 1. The van der Waals surface area contributed by atoms with Gasteiger partial charge in [-0.3, -0.25) is 9.78 Å². The first kappa shape index (κ1) is 18.8. The molecule has 4 heteroatoms. The highest BCUT2D eigenvalue weighted by Gasteiger charge is 2.60. The molecule has 3 atom stereocenters. The van der Waals surface area contributed by atoms with Gasteiger partial charge in [0.05, 0.1) is 17.1 Å².